The van der Waals surface area contributed by atoms with Crippen molar-refractivity contribution in [3.05, 3.63) is 35.4 Å². The van der Waals surface area contributed by atoms with E-state index in [1.807, 2.05) is 4.90 Å². The first-order valence-corrected chi connectivity index (χ1v) is 7.29. The van der Waals surface area contributed by atoms with Crippen LogP contribution in [-0.4, -0.2) is 30.3 Å². The van der Waals surface area contributed by atoms with Crippen molar-refractivity contribution < 1.29 is 13.6 Å². The number of benzene rings is 1. The number of hydrogen-bond donors (Lipinski definition) is 0. The predicted octanol–water partition coefficient (Wildman–Crippen LogP) is 4.05. The van der Waals surface area contributed by atoms with Crippen molar-refractivity contribution >= 4 is 5.78 Å². The van der Waals surface area contributed by atoms with E-state index in [0.717, 1.165) is 57.0 Å². The van der Waals surface area contributed by atoms with Crippen LogP contribution in [0.25, 0.3) is 0 Å². The standard InChI is InChI=1S/C16H23F2NO/c1-3-5-9-19(10-6-4-2)12-16(20)14-11-13(17)7-8-15(14)18/h7-8,11H,3-6,9-10,12H2,1-2H3. The Hall–Kier alpha value is -1.29. The number of unbranched alkanes of at least 4 members (excludes halogenated alkanes) is 2. The van der Waals surface area contributed by atoms with Gasteiger partial charge in [0.05, 0.1) is 12.1 Å². The second-order valence-corrected chi connectivity index (χ2v) is 5.03. The fourth-order valence-corrected chi connectivity index (χ4v) is 2.03. The van der Waals surface area contributed by atoms with Crippen molar-refractivity contribution in [1.29, 1.82) is 0 Å². The topological polar surface area (TPSA) is 20.3 Å². The van der Waals surface area contributed by atoms with Gasteiger partial charge in [0.2, 0.25) is 0 Å². The van der Waals surface area contributed by atoms with Crippen molar-refractivity contribution in [2.24, 2.45) is 0 Å². The monoisotopic (exact) mass is 283 g/mol. The van der Waals surface area contributed by atoms with E-state index in [0.29, 0.717) is 0 Å². The Bertz CT molecular complexity index is 426. The molecule has 4 heteroatoms. The van der Waals surface area contributed by atoms with Gasteiger partial charge in [-0.25, -0.2) is 8.78 Å². The quantitative estimate of drug-likeness (QED) is 0.637. The molecule has 0 spiro atoms. The number of hydrogen-bond acceptors (Lipinski definition) is 2. The summed E-state index contributed by atoms with van der Waals surface area (Å²) in [5, 5.41) is 0. The minimum absolute atomic E-state index is 0.150. The summed E-state index contributed by atoms with van der Waals surface area (Å²) >= 11 is 0. The molecule has 0 amide bonds. The van der Waals surface area contributed by atoms with Crippen LogP contribution in [0, 0.1) is 11.6 Å². The number of Topliss-reactive ketones (excluding diaryl/α,β-unsaturated/α-hetero) is 1. The average Bonchev–Trinajstić information content (AvgIpc) is 2.44. The van der Waals surface area contributed by atoms with E-state index in [1.165, 1.54) is 0 Å². The van der Waals surface area contributed by atoms with Crippen LogP contribution in [0.5, 0.6) is 0 Å². The third-order valence-corrected chi connectivity index (χ3v) is 3.25. The van der Waals surface area contributed by atoms with Crippen LogP contribution in [0.4, 0.5) is 8.78 Å². The normalized spacial score (nSPS) is 11.1. The van der Waals surface area contributed by atoms with Crippen LogP contribution in [0.3, 0.4) is 0 Å². The van der Waals surface area contributed by atoms with E-state index in [1.54, 1.807) is 0 Å². The zero-order valence-electron chi connectivity index (χ0n) is 12.3. The molecule has 0 unspecified atom stereocenters. The number of carbonyl (C=O) groups is 1. The Morgan fingerprint density at radius 1 is 1.10 bits per heavy atom. The molecule has 1 aromatic carbocycles. The first-order chi connectivity index (χ1) is 9.58. The highest BCUT2D eigenvalue weighted by molar-refractivity contribution is 5.97. The average molecular weight is 283 g/mol. The van der Waals surface area contributed by atoms with E-state index in [-0.39, 0.29) is 17.9 Å². The maximum absolute atomic E-state index is 13.6. The number of nitrogens with zero attached hydrogens (tertiary/aromatic N) is 1. The van der Waals surface area contributed by atoms with Gasteiger partial charge in [-0.3, -0.25) is 9.69 Å². The highest BCUT2D eigenvalue weighted by atomic mass is 19.1. The molecular weight excluding hydrogens is 260 g/mol. The lowest BCUT2D eigenvalue weighted by molar-refractivity contribution is 0.0924. The molecule has 1 rings (SSSR count). The first-order valence-electron chi connectivity index (χ1n) is 7.29. The highest BCUT2D eigenvalue weighted by Gasteiger charge is 2.16. The molecule has 20 heavy (non-hydrogen) atoms. The molecule has 0 saturated heterocycles. The summed E-state index contributed by atoms with van der Waals surface area (Å²) in [7, 11) is 0. The first kappa shape index (κ1) is 16.8. The molecule has 0 N–H and O–H groups in total. The van der Waals surface area contributed by atoms with Gasteiger partial charge in [0.15, 0.2) is 5.78 Å². The molecule has 112 valence electrons. The third kappa shape index (κ3) is 5.37. The van der Waals surface area contributed by atoms with E-state index in [4.69, 9.17) is 0 Å². The van der Waals surface area contributed by atoms with E-state index in [2.05, 4.69) is 13.8 Å². The smallest absolute Gasteiger partial charge is 0.179 e. The summed E-state index contributed by atoms with van der Waals surface area (Å²) in [6.45, 7) is 5.97. The highest BCUT2D eigenvalue weighted by Crippen LogP contribution is 2.12. The van der Waals surface area contributed by atoms with Gasteiger partial charge in [0.1, 0.15) is 11.6 Å². The van der Waals surface area contributed by atoms with Crippen LogP contribution in [0.2, 0.25) is 0 Å². The SMILES string of the molecule is CCCCN(CCCC)CC(=O)c1cc(F)ccc1F. The van der Waals surface area contributed by atoms with Gasteiger partial charge >= 0.3 is 0 Å². The molecule has 2 nitrogen and oxygen atoms in total. The summed E-state index contributed by atoms with van der Waals surface area (Å²) in [6.07, 6.45) is 4.10. The second-order valence-electron chi connectivity index (χ2n) is 5.03. The number of ketones is 1. The fourth-order valence-electron chi connectivity index (χ4n) is 2.03. The molecule has 0 saturated carbocycles. The molecule has 0 atom stereocenters. The van der Waals surface area contributed by atoms with Crippen LogP contribution in [0.1, 0.15) is 49.9 Å². The molecule has 0 aliphatic rings. The summed E-state index contributed by atoms with van der Waals surface area (Å²) in [5.41, 5.74) is -0.150. The van der Waals surface area contributed by atoms with Gasteiger partial charge in [-0.05, 0) is 44.1 Å². The van der Waals surface area contributed by atoms with Gasteiger partial charge < -0.3 is 0 Å². The number of halogens is 2. The Balaban J connectivity index is 2.70. The fraction of sp³-hybridized carbons (Fsp3) is 0.562. The summed E-state index contributed by atoms with van der Waals surface area (Å²) in [6, 6.07) is 3.01. The van der Waals surface area contributed by atoms with Gasteiger partial charge in [0, 0.05) is 0 Å². The molecule has 0 heterocycles. The minimum Gasteiger partial charge on any atom is -0.296 e. The van der Waals surface area contributed by atoms with Crippen LogP contribution in [-0.2, 0) is 0 Å². The van der Waals surface area contributed by atoms with E-state index >= 15 is 0 Å². The van der Waals surface area contributed by atoms with Crippen molar-refractivity contribution in [2.75, 3.05) is 19.6 Å². The second kappa shape index (κ2) is 8.80. The number of rotatable bonds is 9. The van der Waals surface area contributed by atoms with E-state index < -0.39 is 11.6 Å². The largest absolute Gasteiger partial charge is 0.296 e. The Kier molecular flexibility index (Phi) is 7.37. The lowest BCUT2D eigenvalue weighted by atomic mass is 10.1. The number of carbonyl (C=O) groups excluding carboxylic acids is 1. The van der Waals surface area contributed by atoms with Gasteiger partial charge in [-0.1, -0.05) is 26.7 Å². The van der Waals surface area contributed by atoms with Crippen LogP contribution in [0.15, 0.2) is 18.2 Å². The molecule has 1 aromatic rings. The van der Waals surface area contributed by atoms with Crippen molar-refractivity contribution in [3.63, 3.8) is 0 Å². The van der Waals surface area contributed by atoms with Crippen molar-refractivity contribution in [3.8, 4) is 0 Å². The molecule has 0 radical (unpaired) electrons. The summed E-state index contributed by atoms with van der Waals surface area (Å²) < 4.78 is 26.7. The predicted molar refractivity (Wildman–Crippen MR) is 76.9 cm³/mol. The van der Waals surface area contributed by atoms with Crippen molar-refractivity contribution in [1.82, 2.24) is 4.90 Å². The van der Waals surface area contributed by atoms with Crippen LogP contribution < -0.4 is 0 Å². The molecule has 0 aliphatic heterocycles. The maximum Gasteiger partial charge on any atom is 0.179 e. The molecule has 0 aliphatic carbocycles. The summed E-state index contributed by atoms with van der Waals surface area (Å²) in [5.74, 6) is -1.58. The van der Waals surface area contributed by atoms with Gasteiger partial charge in [-0.2, -0.15) is 0 Å². The third-order valence-electron chi connectivity index (χ3n) is 3.25. The Morgan fingerprint density at radius 2 is 1.70 bits per heavy atom. The molecule has 0 aromatic heterocycles. The zero-order valence-corrected chi connectivity index (χ0v) is 12.3. The molecule has 0 bridgehead atoms. The Labute approximate surface area is 119 Å². The summed E-state index contributed by atoms with van der Waals surface area (Å²) in [4.78, 5) is 14.1. The molecule has 0 fully saturated rings. The zero-order chi connectivity index (χ0) is 15.0. The Morgan fingerprint density at radius 3 is 2.25 bits per heavy atom. The van der Waals surface area contributed by atoms with Gasteiger partial charge in [-0.15, -0.1) is 0 Å². The lowest BCUT2D eigenvalue weighted by Crippen LogP contribution is -2.32. The molecular formula is C16H23F2NO. The lowest BCUT2D eigenvalue weighted by Gasteiger charge is -2.21. The van der Waals surface area contributed by atoms with Gasteiger partial charge in [0.25, 0.3) is 0 Å². The maximum atomic E-state index is 13.6. The minimum atomic E-state index is -0.651. The van der Waals surface area contributed by atoms with Crippen LogP contribution >= 0.6 is 0 Å². The van der Waals surface area contributed by atoms with E-state index in [9.17, 15) is 13.6 Å². The van der Waals surface area contributed by atoms with Crippen molar-refractivity contribution in [2.45, 2.75) is 39.5 Å².